The average molecular weight is 533 g/mol. The maximum atomic E-state index is 2.84. The van der Waals surface area contributed by atoms with Crippen molar-refractivity contribution in [3.63, 3.8) is 0 Å². The lowest BCUT2D eigenvalue weighted by Crippen LogP contribution is -2.62. The highest BCUT2D eigenvalue weighted by atomic mass is 15.3. The number of para-hydroxylation sites is 2. The van der Waals surface area contributed by atoms with E-state index in [1.54, 1.807) is 11.0 Å². The highest BCUT2D eigenvalue weighted by Crippen LogP contribution is 2.63. The third-order valence-electron chi connectivity index (χ3n) is 11.8. The number of rotatable bonds is 1. The summed E-state index contributed by atoms with van der Waals surface area (Å²) in [7, 11) is 0. The molecule has 0 spiro atoms. The molecule has 0 N–H and O–H groups in total. The molecule has 9 rings (SSSR count). The van der Waals surface area contributed by atoms with Gasteiger partial charge in [0.15, 0.2) is 0 Å². The summed E-state index contributed by atoms with van der Waals surface area (Å²) in [5.41, 5.74) is 17.4. The fraction of sp³-hybridized carbons (Fsp3) is 0.316. The van der Waals surface area contributed by atoms with Crippen LogP contribution in [0, 0.1) is 6.92 Å². The van der Waals surface area contributed by atoms with Gasteiger partial charge in [-0.25, -0.2) is 0 Å². The predicted octanol–water partition coefficient (Wildman–Crippen LogP) is 8.05. The Hall–Kier alpha value is -3.72. The first-order chi connectivity index (χ1) is 19.8. The monoisotopic (exact) mass is 532 g/mol. The number of anilines is 4. The standard InChI is InChI=1S/C38H37BN2/c1-24-22-30-32-31(23-24)41-34-28(37(4)20-11-12-21-38(37,41)5)18-13-19-29(34)39(32)35-33(40(30)25-14-7-6-8-15-25)26-16-9-10-17-27(26)36(35,2)3/h6-10,13-19,22-23H,11-12,20-21H2,1-5H3. The van der Waals surface area contributed by atoms with Crippen molar-refractivity contribution in [2.24, 2.45) is 0 Å². The second-order valence-corrected chi connectivity index (χ2v) is 14.1. The Balaban J connectivity index is 1.45. The van der Waals surface area contributed by atoms with E-state index < -0.39 is 0 Å². The van der Waals surface area contributed by atoms with Crippen LogP contribution >= 0.6 is 0 Å². The van der Waals surface area contributed by atoms with E-state index in [0.29, 0.717) is 0 Å². The third-order valence-corrected chi connectivity index (χ3v) is 11.8. The van der Waals surface area contributed by atoms with Crippen molar-refractivity contribution in [1.29, 1.82) is 0 Å². The first-order valence-electron chi connectivity index (χ1n) is 15.6. The molecule has 3 aliphatic heterocycles. The molecule has 2 atom stereocenters. The molecule has 1 fully saturated rings. The average Bonchev–Trinajstić information content (AvgIpc) is 3.34. The largest absolute Gasteiger partial charge is 0.335 e. The third kappa shape index (κ3) is 2.63. The number of nitrogens with zero attached hydrogens (tertiary/aromatic N) is 2. The number of benzene rings is 4. The van der Waals surface area contributed by atoms with E-state index in [2.05, 4.69) is 129 Å². The number of fused-ring (bicyclic) bond motifs is 8. The van der Waals surface area contributed by atoms with Crippen LogP contribution in [0.3, 0.4) is 0 Å². The van der Waals surface area contributed by atoms with Gasteiger partial charge in [-0.1, -0.05) is 99.7 Å². The van der Waals surface area contributed by atoms with Crippen LogP contribution < -0.4 is 20.7 Å². The molecule has 4 aromatic carbocycles. The van der Waals surface area contributed by atoms with Crippen LogP contribution in [0.4, 0.5) is 22.7 Å². The fourth-order valence-corrected chi connectivity index (χ4v) is 9.80. The van der Waals surface area contributed by atoms with Crippen LogP contribution in [0.15, 0.2) is 90.4 Å². The maximum absolute atomic E-state index is 2.84. The number of hydrogen-bond acceptors (Lipinski definition) is 2. The van der Waals surface area contributed by atoms with E-state index in [4.69, 9.17) is 0 Å². The van der Waals surface area contributed by atoms with E-state index >= 15 is 0 Å². The molecular formula is C38H37BN2. The van der Waals surface area contributed by atoms with Crippen molar-refractivity contribution in [3.8, 4) is 0 Å². The van der Waals surface area contributed by atoms with Crippen LogP contribution in [0.1, 0.15) is 75.6 Å². The summed E-state index contributed by atoms with van der Waals surface area (Å²) in [6.45, 7) is 12.6. The van der Waals surface area contributed by atoms with Gasteiger partial charge in [-0.2, -0.15) is 0 Å². The predicted molar refractivity (Wildman–Crippen MR) is 174 cm³/mol. The first kappa shape index (κ1) is 23.9. The molecule has 2 nitrogen and oxygen atoms in total. The van der Waals surface area contributed by atoms with E-state index in [9.17, 15) is 0 Å². The molecule has 5 aliphatic rings. The van der Waals surface area contributed by atoms with Gasteiger partial charge in [0.25, 0.3) is 0 Å². The van der Waals surface area contributed by atoms with Crippen molar-refractivity contribution in [3.05, 3.63) is 113 Å². The van der Waals surface area contributed by atoms with E-state index in [1.165, 1.54) is 81.7 Å². The highest BCUT2D eigenvalue weighted by molar-refractivity contribution is 6.96. The zero-order valence-electron chi connectivity index (χ0n) is 24.9. The normalized spacial score (nSPS) is 25.9. The summed E-state index contributed by atoms with van der Waals surface area (Å²) < 4.78 is 0. The van der Waals surface area contributed by atoms with Crippen molar-refractivity contribution in [2.75, 3.05) is 9.80 Å². The van der Waals surface area contributed by atoms with Gasteiger partial charge in [0.1, 0.15) is 0 Å². The Morgan fingerprint density at radius 2 is 1.44 bits per heavy atom. The Kier molecular flexibility index (Phi) is 4.42. The lowest BCUT2D eigenvalue weighted by Gasteiger charge is -2.53. The van der Waals surface area contributed by atoms with Crippen molar-refractivity contribution in [1.82, 2.24) is 0 Å². The Bertz CT molecular complexity index is 1830. The summed E-state index contributed by atoms with van der Waals surface area (Å²) in [6, 6.07) is 32.5. The minimum atomic E-state index is -0.0897. The SMILES string of the molecule is Cc1cc2c3c(c1)N1c4c(cccc4C4(C)CCCCC14C)B3C1=C(c3ccccc3C1(C)C)N2c1ccccc1. The topological polar surface area (TPSA) is 6.48 Å². The highest BCUT2D eigenvalue weighted by Gasteiger charge is 2.62. The number of aryl methyl sites for hydroxylation is 1. The Labute approximate surface area is 244 Å². The second-order valence-electron chi connectivity index (χ2n) is 14.1. The van der Waals surface area contributed by atoms with Gasteiger partial charge in [-0.15, -0.1) is 0 Å². The van der Waals surface area contributed by atoms with Gasteiger partial charge < -0.3 is 9.80 Å². The summed E-state index contributed by atoms with van der Waals surface area (Å²) in [5.74, 6) is 0. The first-order valence-corrected chi connectivity index (χ1v) is 15.6. The number of allylic oxidation sites excluding steroid dienone is 1. The van der Waals surface area contributed by atoms with Crippen molar-refractivity contribution in [2.45, 2.75) is 76.7 Å². The van der Waals surface area contributed by atoms with Gasteiger partial charge in [0.05, 0.1) is 5.54 Å². The van der Waals surface area contributed by atoms with Crippen LogP contribution in [0.2, 0.25) is 0 Å². The smallest absolute Gasteiger partial charge is 0.248 e. The molecule has 0 aromatic heterocycles. The quantitative estimate of drug-likeness (QED) is 0.229. The van der Waals surface area contributed by atoms with E-state index in [1.807, 2.05) is 0 Å². The van der Waals surface area contributed by atoms with E-state index in [-0.39, 0.29) is 23.1 Å². The molecule has 0 saturated heterocycles. The second kappa shape index (κ2) is 7.56. The van der Waals surface area contributed by atoms with Gasteiger partial charge in [-0.05, 0) is 78.6 Å². The molecular weight excluding hydrogens is 495 g/mol. The minimum absolute atomic E-state index is 0.0661. The number of hydrogen-bond donors (Lipinski definition) is 0. The molecule has 202 valence electrons. The molecule has 3 heterocycles. The van der Waals surface area contributed by atoms with Crippen LogP contribution in [0.5, 0.6) is 0 Å². The van der Waals surface area contributed by atoms with Crippen molar-refractivity contribution < 1.29 is 0 Å². The van der Waals surface area contributed by atoms with Crippen LogP contribution in [0.25, 0.3) is 5.70 Å². The lowest BCUT2D eigenvalue weighted by molar-refractivity contribution is 0.195. The van der Waals surface area contributed by atoms with E-state index in [0.717, 1.165) is 0 Å². The summed E-state index contributed by atoms with van der Waals surface area (Å²) >= 11 is 0. The zero-order chi connectivity index (χ0) is 27.9. The Morgan fingerprint density at radius 3 is 2.27 bits per heavy atom. The fourth-order valence-electron chi connectivity index (χ4n) is 9.80. The molecule has 0 amide bonds. The lowest BCUT2D eigenvalue weighted by atomic mass is 9.30. The molecule has 1 saturated carbocycles. The summed E-state index contributed by atoms with van der Waals surface area (Å²) in [5, 5.41) is 0. The maximum Gasteiger partial charge on any atom is 0.248 e. The molecule has 0 radical (unpaired) electrons. The molecule has 2 aliphatic carbocycles. The minimum Gasteiger partial charge on any atom is -0.335 e. The summed E-state index contributed by atoms with van der Waals surface area (Å²) in [6.07, 6.45) is 5.12. The molecule has 3 heteroatoms. The van der Waals surface area contributed by atoms with Gasteiger partial charge in [-0.3, -0.25) is 0 Å². The van der Waals surface area contributed by atoms with Crippen LogP contribution in [-0.4, -0.2) is 12.3 Å². The molecule has 4 aromatic rings. The zero-order valence-corrected chi connectivity index (χ0v) is 24.9. The molecule has 2 unspecified atom stereocenters. The summed E-state index contributed by atoms with van der Waals surface area (Å²) in [4.78, 5) is 5.45. The van der Waals surface area contributed by atoms with Gasteiger partial charge >= 0.3 is 0 Å². The van der Waals surface area contributed by atoms with Crippen LogP contribution in [-0.2, 0) is 10.8 Å². The van der Waals surface area contributed by atoms with Gasteiger partial charge in [0.2, 0.25) is 6.71 Å². The van der Waals surface area contributed by atoms with Gasteiger partial charge in [0, 0.05) is 44.8 Å². The van der Waals surface area contributed by atoms with Crippen molar-refractivity contribution >= 4 is 46.1 Å². The molecule has 41 heavy (non-hydrogen) atoms. The Morgan fingerprint density at radius 1 is 0.732 bits per heavy atom. The molecule has 0 bridgehead atoms.